The van der Waals surface area contributed by atoms with Crippen LogP contribution < -0.4 is 5.32 Å². The van der Waals surface area contributed by atoms with E-state index in [0.717, 1.165) is 11.1 Å². The van der Waals surface area contributed by atoms with Crippen LogP contribution in [0.5, 0.6) is 0 Å². The number of halogens is 12. The molecule has 78 heavy (non-hydrogen) atoms. The van der Waals surface area contributed by atoms with E-state index in [9.17, 15) is 72.5 Å². The van der Waals surface area contributed by atoms with E-state index < -0.39 is 106 Å². The quantitative estimate of drug-likeness (QED) is 0.0790. The van der Waals surface area contributed by atoms with Crippen molar-refractivity contribution in [1.82, 2.24) is 34.8 Å². The van der Waals surface area contributed by atoms with Crippen molar-refractivity contribution >= 4 is 11.6 Å². The Bertz CT molecular complexity index is 2670. The van der Waals surface area contributed by atoms with Crippen LogP contribution in [0.2, 0.25) is 0 Å². The summed E-state index contributed by atoms with van der Waals surface area (Å²) >= 11 is 0. The third-order valence-corrected chi connectivity index (χ3v) is 14.9. The molecule has 8 rings (SSSR count). The van der Waals surface area contributed by atoms with Gasteiger partial charge >= 0.3 is 24.7 Å². The Morgan fingerprint density at radius 1 is 0.526 bits per heavy atom. The summed E-state index contributed by atoms with van der Waals surface area (Å²) in [5, 5.41) is 37.7. The maximum absolute atomic E-state index is 13.4. The number of benzene rings is 4. The normalized spacial score (nSPS) is 23.0. The first-order valence-corrected chi connectivity index (χ1v) is 24.3. The number of aromatic nitrogens is 6. The highest BCUT2D eigenvalue weighted by Crippen LogP contribution is 2.48. The topological polar surface area (TPSA) is 167 Å². The van der Waals surface area contributed by atoms with Crippen molar-refractivity contribution < 1.29 is 82.0 Å². The molecule has 13 nitrogen and oxygen atoms in total. The molecule has 1 aliphatic carbocycles. The lowest BCUT2D eigenvalue weighted by atomic mass is 9.63. The number of ether oxygens (including phenoxy) is 2. The second-order valence-electron chi connectivity index (χ2n) is 19.5. The molecule has 25 heteroatoms. The van der Waals surface area contributed by atoms with Crippen molar-refractivity contribution in [2.24, 2.45) is 0 Å². The zero-order valence-electron chi connectivity index (χ0n) is 41.7. The third kappa shape index (κ3) is 12.8. The number of hydrogen-bond acceptors (Lipinski definition) is 11. The Morgan fingerprint density at radius 3 is 1.26 bits per heavy atom. The minimum absolute atomic E-state index is 0.0125. The minimum Gasteiger partial charge on any atom is -0.388 e. The lowest BCUT2D eigenvalue weighted by molar-refractivity contribution is -0.145. The highest BCUT2D eigenvalue weighted by Gasteiger charge is 2.51. The van der Waals surface area contributed by atoms with E-state index in [0.29, 0.717) is 49.9 Å². The molecule has 0 spiro atoms. The number of carbonyl (C=O) groups is 2. The lowest BCUT2D eigenvalue weighted by Gasteiger charge is -2.47. The summed E-state index contributed by atoms with van der Waals surface area (Å²) in [7, 11) is 0. The summed E-state index contributed by atoms with van der Waals surface area (Å²) in [5.41, 5.74) is -8.42. The number of piperidine rings is 1. The molecule has 4 aromatic carbocycles. The van der Waals surface area contributed by atoms with Gasteiger partial charge in [0, 0.05) is 12.0 Å². The van der Waals surface area contributed by atoms with Crippen molar-refractivity contribution in [3.8, 4) is 0 Å². The maximum atomic E-state index is 13.4. The number of aliphatic hydroxyl groups excluding tert-OH is 2. The fraction of sp³-hybridized carbons (Fsp3) is 0.434. The van der Waals surface area contributed by atoms with E-state index in [1.54, 1.807) is 22.8 Å². The van der Waals surface area contributed by atoms with Crippen LogP contribution >= 0.6 is 0 Å². The second-order valence-corrected chi connectivity index (χ2v) is 19.5. The third-order valence-electron chi connectivity index (χ3n) is 14.9. The van der Waals surface area contributed by atoms with Gasteiger partial charge in [0.1, 0.15) is 49.6 Å². The van der Waals surface area contributed by atoms with Crippen LogP contribution in [0.25, 0.3) is 0 Å². The van der Waals surface area contributed by atoms with Crippen molar-refractivity contribution in [2.75, 3.05) is 33.0 Å². The molecule has 1 saturated heterocycles. The Kier molecular flexibility index (Phi) is 17.5. The molecule has 1 aliphatic heterocycles. The van der Waals surface area contributed by atoms with E-state index in [1.165, 1.54) is 43.7 Å². The van der Waals surface area contributed by atoms with Gasteiger partial charge in [-0.1, -0.05) is 60.7 Å². The molecule has 6 aromatic rings. The summed E-state index contributed by atoms with van der Waals surface area (Å²) in [6.07, 6.45) is -14.7. The molecule has 3 N–H and O–H groups in total. The first kappa shape index (κ1) is 59.1. The maximum Gasteiger partial charge on any atom is 0.416 e. The molecule has 2 fully saturated rings. The zero-order chi connectivity index (χ0) is 57.0. The van der Waals surface area contributed by atoms with Crippen molar-refractivity contribution in [2.45, 2.75) is 111 Å². The number of Topliss-reactive ketones (excluding diaryl/α,β-unsaturated/α-hetero) is 2. The highest BCUT2D eigenvalue weighted by molar-refractivity contribution is 5.88. The number of nitrogens with one attached hydrogen (secondary N) is 1. The summed E-state index contributed by atoms with van der Waals surface area (Å²) in [6, 6.07) is 21.0. The second kappa shape index (κ2) is 23.0. The molecule has 0 bridgehead atoms. The molecular formula is C53H53F12N7O6. The first-order valence-electron chi connectivity index (χ1n) is 24.3. The van der Waals surface area contributed by atoms with Crippen LogP contribution in [-0.4, -0.2) is 84.3 Å². The number of rotatable bonds is 16. The number of carbonyl (C=O) groups excluding carboxylic acids is 2. The number of nitrogens with zero attached hydrogens (tertiary/aromatic N) is 6. The van der Waals surface area contributed by atoms with Gasteiger partial charge < -0.3 is 34.1 Å². The average molecular weight is 1110 g/mol. The smallest absolute Gasteiger partial charge is 0.388 e. The van der Waals surface area contributed by atoms with Crippen LogP contribution in [0.3, 0.4) is 0 Å². The first-order chi connectivity index (χ1) is 36.6. The number of aliphatic hydroxyl groups is 2. The standard InChI is InChI=1S/C27H27F6N3O3.C26H26F6N4O3/c1-18(19-11-21(26(28,29)30)13-22(12-19)27(31,32)33)39-15-24(20-5-3-2-4-6-20)7-9-25(10-8-24,23(38)14-37)36-16-34-35-17-36;1-17(18-9-20(25(27,28)29)11-21(10-18)26(30,31)32)39-14-23(19-5-3-2-4-6-19)7-8-24(13-33-23,22(38)12-37)36-15-34-35-16-36/h2-6,11-13,16-18,37H,7-10,14-15H2,1H3;2-6,9-11,15-17,33,37H,7-8,12-14H2,1H3/t18-,24?,25?;17-,23-,24-/m11/s1. The van der Waals surface area contributed by atoms with Gasteiger partial charge in [0.15, 0.2) is 11.6 Å². The van der Waals surface area contributed by atoms with Crippen LogP contribution in [0.1, 0.15) is 109 Å². The predicted octanol–water partition coefficient (Wildman–Crippen LogP) is 10.5. The van der Waals surface area contributed by atoms with Gasteiger partial charge in [-0.3, -0.25) is 9.59 Å². The number of alkyl halides is 12. The van der Waals surface area contributed by atoms with Crippen molar-refractivity contribution in [3.05, 3.63) is 167 Å². The molecule has 420 valence electrons. The van der Waals surface area contributed by atoms with Gasteiger partial charge in [0.25, 0.3) is 0 Å². The molecule has 2 aromatic heterocycles. The van der Waals surface area contributed by atoms with E-state index in [-0.39, 0.29) is 55.9 Å². The zero-order valence-corrected chi connectivity index (χ0v) is 41.7. The van der Waals surface area contributed by atoms with Gasteiger partial charge in [-0.2, -0.15) is 52.7 Å². The Labute approximate surface area is 438 Å². The van der Waals surface area contributed by atoms with Gasteiger partial charge in [-0.05, 0) is 111 Å². The van der Waals surface area contributed by atoms with Crippen LogP contribution in [0.15, 0.2) is 122 Å². The van der Waals surface area contributed by atoms with Gasteiger partial charge in [-0.25, -0.2) is 0 Å². The summed E-state index contributed by atoms with van der Waals surface area (Å²) in [4.78, 5) is 25.7. The predicted molar refractivity (Wildman–Crippen MR) is 254 cm³/mol. The van der Waals surface area contributed by atoms with Crippen LogP contribution in [0, 0.1) is 0 Å². The summed E-state index contributed by atoms with van der Waals surface area (Å²) < 4.78 is 176. The Balaban J connectivity index is 0.000000226. The van der Waals surface area contributed by atoms with Crippen molar-refractivity contribution in [3.63, 3.8) is 0 Å². The molecule has 0 amide bonds. The van der Waals surface area contributed by atoms with E-state index in [2.05, 4.69) is 25.7 Å². The number of hydrogen-bond donors (Lipinski definition) is 3. The van der Waals surface area contributed by atoms with E-state index in [4.69, 9.17) is 9.47 Å². The summed E-state index contributed by atoms with van der Waals surface area (Å²) in [5.74, 6) is -0.865. The molecular weight excluding hydrogens is 1060 g/mol. The Morgan fingerprint density at radius 2 is 0.885 bits per heavy atom. The molecule has 2 aliphatic rings. The molecule has 0 unspecified atom stereocenters. The van der Waals surface area contributed by atoms with Crippen LogP contribution in [0.4, 0.5) is 52.7 Å². The largest absolute Gasteiger partial charge is 0.416 e. The lowest BCUT2D eigenvalue weighted by Crippen LogP contribution is -2.62. The van der Waals surface area contributed by atoms with Gasteiger partial charge in [-0.15, -0.1) is 20.4 Å². The monoisotopic (exact) mass is 1110 g/mol. The number of ketones is 2. The minimum atomic E-state index is -4.98. The van der Waals surface area contributed by atoms with Crippen molar-refractivity contribution in [1.29, 1.82) is 0 Å². The molecule has 3 heterocycles. The van der Waals surface area contributed by atoms with Gasteiger partial charge in [0.2, 0.25) is 0 Å². The summed E-state index contributed by atoms with van der Waals surface area (Å²) in [6.45, 7) is 1.30. The van der Waals surface area contributed by atoms with Gasteiger partial charge in [0.05, 0.1) is 53.2 Å². The molecule has 4 atom stereocenters. The van der Waals surface area contributed by atoms with E-state index >= 15 is 0 Å². The van der Waals surface area contributed by atoms with E-state index in [1.807, 2.05) is 42.5 Å². The van der Waals surface area contributed by atoms with Crippen LogP contribution in [-0.2, 0) is 65.8 Å². The molecule has 0 radical (unpaired) electrons. The Hall–Kier alpha value is -6.54. The fourth-order valence-corrected chi connectivity index (χ4v) is 10.2. The fourth-order valence-electron chi connectivity index (χ4n) is 10.2. The SMILES string of the molecule is C[C@@H](OCC1(c2ccccc2)CCC(C(=O)CO)(n2cnnc2)CC1)c1cc(C(F)(F)F)cc(C(F)(F)F)c1.C[C@@H](OC[C@@]1(c2ccccc2)CC[C@@](C(=O)CO)(n2cnnc2)CN1)c1cc(C(F)(F)F)cc(C(F)(F)F)c1. The average Bonchev–Trinajstić information content (AvgIpc) is 4.26. The highest BCUT2D eigenvalue weighted by atomic mass is 19.4. The molecule has 1 saturated carbocycles.